The predicted molar refractivity (Wildman–Crippen MR) is 154 cm³/mol. The van der Waals surface area contributed by atoms with Gasteiger partial charge in [0.25, 0.3) is 5.91 Å². The van der Waals surface area contributed by atoms with Crippen molar-refractivity contribution in [3.05, 3.63) is 95.1 Å². The molecule has 6 nitrogen and oxygen atoms in total. The zero-order chi connectivity index (χ0) is 27.6. The maximum atomic E-state index is 13.9. The summed E-state index contributed by atoms with van der Waals surface area (Å²) in [5.41, 5.74) is 3.99. The molecule has 39 heavy (non-hydrogen) atoms. The van der Waals surface area contributed by atoms with E-state index in [1.54, 1.807) is 12.0 Å². The highest BCUT2D eigenvalue weighted by molar-refractivity contribution is 5.88. The molecule has 0 aliphatic heterocycles. The van der Waals surface area contributed by atoms with Crippen LogP contribution in [0.4, 0.5) is 0 Å². The van der Waals surface area contributed by atoms with Crippen LogP contribution in [0.15, 0.2) is 72.8 Å². The van der Waals surface area contributed by atoms with Gasteiger partial charge in [-0.25, -0.2) is 0 Å². The third-order valence-electron chi connectivity index (χ3n) is 7.62. The van der Waals surface area contributed by atoms with Gasteiger partial charge in [0.05, 0.1) is 7.11 Å². The topological polar surface area (TPSA) is 67.9 Å². The van der Waals surface area contributed by atoms with Gasteiger partial charge in [-0.05, 0) is 67.1 Å². The van der Waals surface area contributed by atoms with E-state index < -0.39 is 6.04 Å². The molecule has 4 rings (SSSR count). The molecule has 2 amide bonds. The van der Waals surface area contributed by atoms with Gasteiger partial charge in [-0.3, -0.25) is 9.59 Å². The van der Waals surface area contributed by atoms with Crippen molar-refractivity contribution in [1.82, 2.24) is 10.2 Å². The lowest BCUT2D eigenvalue weighted by molar-refractivity contribution is -0.143. The highest BCUT2D eigenvalue weighted by atomic mass is 16.5. The zero-order valence-electron chi connectivity index (χ0n) is 23.3. The fourth-order valence-corrected chi connectivity index (χ4v) is 5.17. The van der Waals surface area contributed by atoms with E-state index in [0.717, 1.165) is 47.9 Å². The normalized spacial score (nSPS) is 14.3. The van der Waals surface area contributed by atoms with Crippen LogP contribution in [0.1, 0.15) is 54.4 Å². The van der Waals surface area contributed by atoms with E-state index in [2.05, 4.69) is 5.32 Å². The van der Waals surface area contributed by atoms with Gasteiger partial charge in [-0.15, -0.1) is 0 Å². The lowest BCUT2D eigenvalue weighted by atomic mass is 9.94. The van der Waals surface area contributed by atoms with Crippen LogP contribution < -0.4 is 14.8 Å². The lowest BCUT2D eigenvalue weighted by Gasteiger charge is -2.33. The summed E-state index contributed by atoms with van der Waals surface area (Å²) in [5, 5.41) is 3.27. The summed E-state index contributed by atoms with van der Waals surface area (Å²) < 4.78 is 11.4. The molecule has 3 aromatic carbocycles. The van der Waals surface area contributed by atoms with Crippen molar-refractivity contribution in [3.63, 3.8) is 0 Å². The van der Waals surface area contributed by atoms with Crippen LogP contribution in [-0.4, -0.2) is 42.5 Å². The molecule has 1 aliphatic carbocycles. The second-order valence-corrected chi connectivity index (χ2v) is 10.4. The molecule has 6 heteroatoms. The summed E-state index contributed by atoms with van der Waals surface area (Å²) in [6.45, 7) is 4.11. The van der Waals surface area contributed by atoms with Gasteiger partial charge in [0.2, 0.25) is 5.91 Å². The largest absolute Gasteiger partial charge is 0.497 e. The Morgan fingerprint density at radius 2 is 1.64 bits per heavy atom. The Balaban J connectivity index is 1.63. The van der Waals surface area contributed by atoms with Crippen LogP contribution in [0.5, 0.6) is 11.5 Å². The molecular formula is C33H40N2O4. The Morgan fingerprint density at radius 3 is 2.38 bits per heavy atom. The molecule has 3 aromatic rings. The van der Waals surface area contributed by atoms with Crippen molar-refractivity contribution < 1.29 is 19.1 Å². The van der Waals surface area contributed by atoms with Gasteiger partial charge in [-0.1, -0.05) is 73.9 Å². The molecule has 206 valence electrons. The number of aryl methyl sites for hydroxylation is 1. The van der Waals surface area contributed by atoms with Crippen LogP contribution in [0, 0.1) is 13.8 Å². The fourth-order valence-electron chi connectivity index (χ4n) is 5.17. The average Bonchev–Trinajstić information content (AvgIpc) is 2.96. The number of ether oxygens (including phenoxy) is 2. The molecule has 0 spiro atoms. The maximum absolute atomic E-state index is 13.9. The van der Waals surface area contributed by atoms with E-state index >= 15 is 0 Å². The number of hydrogen-bond acceptors (Lipinski definition) is 4. The summed E-state index contributed by atoms with van der Waals surface area (Å²) >= 11 is 0. The minimum atomic E-state index is -0.685. The molecule has 1 atom stereocenters. The lowest BCUT2D eigenvalue weighted by Crippen LogP contribution is -2.53. The first-order valence-electron chi connectivity index (χ1n) is 13.9. The summed E-state index contributed by atoms with van der Waals surface area (Å²) in [4.78, 5) is 29.4. The fraction of sp³-hybridized carbons (Fsp3) is 0.394. The first-order chi connectivity index (χ1) is 18.9. The third kappa shape index (κ3) is 7.85. The molecule has 0 bridgehead atoms. The predicted octanol–water partition coefficient (Wildman–Crippen LogP) is 5.78. The Bertz CT molecular complexity index is 1240. The van der Waals surface area contributed by atoms with Crippen LogP contribution in [0.25, 0.3) is 0 Å². The molecule has 0 radical (unpaired) electrons. The summed E-state index contributed by atoms with van der Waals surface area (Å²) in [7, 11) is 1.62. The van der Waals surface area contributed by atoms with Crippen molar-refractivity contribution in [2.24, 2.45) is 0 Å². The maximum Gasteiger partial charge on any atom is 0.261 e. The highest BCUT2D eigenvalue weighted by Gasteiger charge is 2.32. The molecular weight excluding hydrogens is 488 g/mol. The Morgan fingerprint density at radius 1 is 0.923 bits per heavy atom. The Kier molecular flexibility index (Phi) is 10.0. The Labute approximate surface area is 232 Å². The van der Waals surface area contributed by atoms with Crippen molar-refractivity contribution in [2.45, 2.75) is 71.0 Å². The first kappa shape index (κ1) is 28.2. The molecule has 0 aromatic heterocycles. The van der Waals surface area contributed by atoms with Crippen LogP contribution in [0.2, 0.25) is 0 Å². The number of carbonyl (C=O) groups excluding carboxylic acids is 2. The smallest absolute Gasteiger partial charge is 0.261 e. The quantitative estimate of drug-likeness (QED) is 0.343. The van der Waals surface area contributed by atoms with Crippen molar-refractivity contribution in [1.29, 1.82) is 0 Å². The van der Waals surface area contributed by atoms with E-state index in [1.165, 1.54) is 6.42 Å². The number of rotatable bonds is 11. The van der Waals surface area contributed by atoms with Gasteiger partial charge in [0.1, 0.15) is 17.5 Å². The van der Waals surface area contributed by atoms with Gasteiger partial charge < -0.3 is 19.7 Å². The summed E-state index contributed by atoms with van der Waals surface area (Å²) in [5.74, 6) is 1.03. The molecule has 1 N–H and O–H groups in total. The first-order valence-corrected chi connectivity index (χ1v) is 13.9. The van der Waals surface area contributed by atoms with E-state index in [4.69, 9.17) is 9.47 Å². The number of nitrogens with one attached hydrogen (secondary N) is 1. The monoisotopic (exact) mass is 528 g/mol. The number of benzene rings is 3. The zero-order valence-corrected chi connectivity index (χ0v) is 23.3. The number of amides is 2. The number of hydrogen-bond donors (Lipinski definition) is 1. The van der Waals surface area contributed by atoms with Crippen LogP contribution >= 0.6 is 0 Å². The van der Waals surface area contributed by atoms with Crippen molar-refractivity contribution in [3.8, 4) is 11.5 Å². The number of carbonyl (C=O) groups is 2. The van der Waals surface area contributed by atoms with Gasteiger partial charge in [0, 0.05) is 19.0 Å². The average molecular weight is 529 g/mol. The molecule has 1 fully saturated rings. The number of methoxy groups -OCH3 is 1. The van der Waals surface area contributed by atoms with E-state index in [-0.39, 0.29) is 31.0 Å². The van der Waals surface area contributed by atoms with Crippen LogP contribution in [0.3, 0.4) is 0 Å². The second-order valence-electron chi connectivity index (χ2n) is 10.4. The SMILES string of the molecule is COc1cccc(CN(C(=O)COc2cccc(C)c2C)[C@H](Cc2ccccc2)C(=O)NC2CCCCC2)c1. The molecule has 0 saturated heterocycles. The molecule has 1 saturated carbocycles. The minimum Gasteiger partial charge on any atom is -0.497 e. The highest BCUT2D eigenvalue weighted by Crippen LogP contribution is 2.23. The molecule has 0 heterocycles. The van der Waals surface area contributed by atoms with Gasteiger partial charge in [0.15, 0.2) is 6.61 Å². The Hall–Kier alpha value is -3.80. The summed E-state index contributed by atoms with van der Waals surface area (Å²) in [6.07, 6.45) is 5.80. The minimum absolute atomic E-state index is 0.117. The van der Waals surface area contributed by atoms with Crippen molar-refractivity contribution in [2.75, 3.05) is 13.7 Å². The van der Waals surface area contributed by atoms with E-state index in [9.17, 15) is 9.59 Å². The molecule has 1 aliphatic rings. The second kappa shape index (κ2) is 13.8. The van der Waals surface area contributed by atoms with Crippen LogP contribution in [-0.2, 0) is 22.6 Å². The van der Waals surface area contributed by atoms with E-state index in [1.807, 2.05) is 86.6 Å². The number of nitrogens with zero attached hydrogens (tertiary/aromatic N) is 1. The van der Waals surface area contributed by atoms with Gasteiger partial charge >= 0.3 is 0 Å². The third-order valence-corrected chi connectivity index (χ3v) is 7.62. The summed E-state index contributed by atoms with van der Waals surface area (Å²) in [6, 6.07) is 22.8. The standard InChI is InChI=1S/C33H40N2O4/c1-24-12-10-19-31(25(24)2)39-23-32(36)35(22-27-15-11-18-29(20-27)38-3)30(21-26-13-6-4-7-14-26)33(37)34-28-16-8-5-9-17-28/h4,6-7,10-15,18-20,28,30H,5,8-9,16-17,21-23H2,1-3H3,(H,34,37)/t30-/m1/s1. The van der Waals surface area contributed by atoms with Gasteiger partial charge in [-0.2, -0.15) is 0 Å². The molecule has 0 unspecified atom stereocenters. The van der Waals surface area contributed by atoms with Crippen molar-refractivity contribution >= 4 is 11.8 Å². The van der Waals surface area contributed by atoms with E-state index in [0.29, 0.717) is 17.9 Å².